The molecule has 0 radical (unpaired) electrons. The van der Waals surface area contributed by atoms with Crippen LogP contribution in [-0.2, 0) is 28.5 Å². The molecule has 0 spiro atoms. The van der Waals surface area contributed by atoms with E-state index in [9.17, 15) is 35.9 Å². The van der Waals surface area contributed by atoms with E-state index >= 15 is 0 Å². The van der Waals surface area contributed by atoms with E-state index in [-0.39, 0.29) is 18.1 Å². The molecule has 150 valence electrons. The molecule has 3 nitrogen and oxygen atoms in total. The van der Waals surface area contributed by atoms with Crippen molar-refractivity contribution in [1.29, 1.82) is 0 Å². The van der Waals surface area contributed by atoms with Crippen molar-refractivity contribution >= 4 is 12.2 Å². The molecular formula is C19H15F6NO2. The van der Waals surface area contributed by atoms with Crippen LogP contribution in [0.25, 0.3) is 0 Å². The minimum Gasteiger partial charge on any atom is -0.351 e. The van der Waals surface area contributed by atoms with E-state index < -0.39 is 41.8 Å². The van der Waals surface area contributed by atoms with Crippen LogP contribution in [0.4, 0.5) is 26.3 Å². The lowest BCUT2D eigenvalue weighted by Crippen LogP contribution is -2.29. The third kappa shape index (κ3) is 5.58. The van der Waals surface area contributed by atoms with Gasteiger partial charge in [-0.15, -0.1) is 0 Å². The van der Waals surface area contributed by atoms with Crippen molar-refractivity contribution < 1.29 is 35.9 Å². The maximum absolute atomic E-state index is 12.9. The standard InChI is InChI=1S/C19H15F6NO2/c20-18(21,22)14-8-12(9-15(10-14)19(23,24)25)11-26-17(28)16(6-7-27)13-4-2-1-3-5-13/h1-5,7-10,16H,6,11H2,(H,26,28)/t16-/m0/s1. The van der Waals surface area contributed by atoms with Gasteiger partial charge in [-0.1, -0.05) is 30.3 Å². The molecule has 0 saturated carbocycles. The second kappa shape index (κ2) is 8.45. The molecule has 2 aromatic carbocycles. The van der Waals surface area contributed by atoms with E-state index in [1.54, 1.807) is 30.3 Å². The van der Waals surface area contributed by atoms with Crippen LogP contribution in [0.3, 0.4) is 0 Å². The van der Waals surface area contributed by atoms with E-state index in [0.29, 0.717) is 24.0 Å². The Kier molecular flexibility index (Phi) is 6.48. The highest BCUT2D eigenvalue weighted by molar-refractivity contribution is 5.85. The molecule has 0 aliphatic carbocycles. The second-order valence-corrected chi connectivity index (χ2v) is 6.00. The third-order valence-corrected chi connectivity index (χ3v) is 3.96. The van der Waals surface area contributed by atoms with Gasteiger partial charge in [0, 0.05) is 13.0 Å². The summed E-state index contributed by atoms with van der Waals surface area (Å²) in [6.45, 7) is -0.548. The van der Waals surface area contributed by atoms with E-state index in [1.165, 1.54) is 0 Å². The molecule has 0 unspecified atom stereocenters. The fraction of sp³-hybridized carbons (Fsp3) is 0.263. The normalized spacial score (nSPS) is 13.1. The van der Waals surface area contributed by atoms with Crippen molar-refractivity contribution in [3.05, 3.63) is 70.8 Å². The first-order valence-electron chi connectivity index (χ1n) is 8.07. The van der Waals surface area contributed by atoms with Crippen LogP contribution in [-0.4, -0.2) is 12.2 Å². The van der Waals surface area contributed by atoms with Gasteiger partial charge in [-0.2, -0.15) is 26.3 Å². The average molecular weight is 403 g/mol. The van der Waals surface area contributed by atoms with Gasteiger partial charge in [0.15, 0.2) is 0 Å². The Balaban J connectivity index is 2.24. The highest BCUT2D eigenvalue weighted by Gasteiger charge is 2.36. The Morgan fingerprint density at radius 3 is 1.93 bits per heavy atom. The van der Waals surface area contributed by atoms with E-state index in [2.05, 4.69) is 5.32 Å². The summed E-state index contributed by atoms with van der Waals surface area (Å²) in [5, 5.41) is 2.31. The van der Waals surface area contributed by atoms with Gasteiger partial charge in [-0.25, -0.2) is 0 Å². The van der Waals surface area contributed by atoms with Crippen LogP contribution >= 0.6 is 0 Å². The number of aldehydes is 1. The first kappa shape index (κ1) is 21.5. The smallest absolute Gasteiger partial charge is 0.351 e. The molecule has 0 aliphatic rings. The van der Waals surface area contributed by atoms with Gasteiger partial charge >= 0.3 is 12.4 Å². The van der Waals surface area contributed by atoms with Gasteiger partial charge in [0.1, 0.15) is 6.29 Å². The second-order valence-electron chi connectivity index (χ2n) is 6.00. The molecule has 0 saturated heterocycles. The summed E-state index contributed by atoms with van der Waals surface area (Å²) in [4.78, 5) is 23.2. The third-order valence-electron chi connectivity index (χ3n) is 3.96. The Bertz CT molecular complexity index is 798. The fourth-order valence-electron chi connectivity index (χ4n) is 2.61. The highest BCUT2D eigenvalue weighted by atomic mass is 19.4. The van der Waals surface area contributed by atoms with Gasteiger partial charge in [-0.05, 0) is 29.3 Å². The van der Waals surface area contributed by atoms with Crippen LogP contribution in [0.5, 0.6) is 0 Å². The van der Waals surface area contributed by atoms with Crippen LogP contribution in [0.15, 0.2) is 48.5 Å². The number of hydrogen-bond donors (Lipinski definition) is 1. The Morgan fingerprint density at radius 1 is 0.929 bits per heavy atom. The van der Waals surface area contributed by atoms with Crippen molar-refractivity contribution in [2.75, 3.05) is 0 Å². The van der Waals surface area contributed by atoms with Gasteiger partial charge in [0.25, 0.3) is 0 Å². The van der Waals surface area contributed by atoms with Crippen LogP contribution in [0.1, 0.15) is 34.6 Å². The Labute approximate surface area is 156 Å². The molecular weight excluding hydrogens is 388 g/mol. The van der Waals surface area contributed by atoms with Gasteiger partial charge in [-0.3, -0.25) is 4.79 Å². The van der Waals surface area contributed by atoms with Gasteiger partial charge < -0.3 is 10.1 Å². The lowest BCUT2D eigenvalue weighted by atomic mass is 9.95. The van der Waals surface area contributed by atoms with Crippen LogP contribution < -0.4 is 5.32 Å². The number of nitrogens with one attached hydrogen (secondary N) is 1. The Hall–Kier alpha value is -2.84. The molecule has 1 N–H and O–H groups in total. The van der Waals surface area contributed by atoms with E-state index in [0.717, 1.165) is 0 Å². The number of alkyl halides is 6. The first-order chi connectivity index (χ1) is 13.0. The highest BCUT2D eigenvalue weighted by Crippen LogP contribution is 2.36. The maximum atomic E-state index is 12.9. The molecule has 0 fully saturated rings. The summed E-state index contributed by atoms with van der Waals surface area (Å²) in [5.41, 5.74) is -2.77. The van der Waals surface area contributed by atoms with E-state index in [4.69, 9.17) is 0 Å². The molecule has 0 aliphatic heterocycles. The number of carbonyl (C=O) groups excluding carboxylic acids is 2. The zero-order valence-electron chi connectivity index (χ0n) is 14.3. The summed E-state index contributed by atoms with van der Waals surface area (Å²) < 4.78 is 77.3. The van der Waals surface area contributed by atoms with Crippen molar-refractivity contribution in [1.82, 2.24) is 5.32 Å². The van der Waals surface area contributed by atoms with E-state index in [1.807, 2.05) is 0 Å². The summed E-state index contributed by atoms with van der Waals surface area (Å²) in [7, 11) is 0. The monoisotopic (exact) mass is 403 g/mol. The molecule has 0 bridgehead atoms. The summed E-state index contributed by atoms with van der Waals surface area (Å²) in [5.74, 6) is -1.57. The van der Waals surface area contributed by atoms with Gasteiger partial charge in [0.05, 0.1) is 17.0 Å². The molecule has 9 heteroatoms. The number of hydrogen-bond acceptors (Lipinski definition) is 2. The molecule has 0 aromatic heterocycles. The SMILES string of the molecule is O=CC[C@H](C(=O)NCc1cc(C(F)(F)F)cc(C(F)(F)F)c1)c1ccccc1. The van der Waals surface area contributed by atoms with Crippen LogP contribution in [0, 0.1) is 0 Å². The predicted molar refractivity (Wildman–Crippen MR) is 88.2 cm³/mol. The molecule has 0 heterocycles. The predicted octanol–water partition coefficient (Wildman–Crippen LogP) is 4.71. The minimum absolute atomic E-state index is 0.0183. The lowest BCUT2D eigenvalue weighted by Gasteiger charge is -2.17. The fourth-order valence-corrected chi connectivity index (χ4v) is 2.61. The number of rotatable bonds is 6. The number of halogens is 6. The molecule has 28 heavy (non-hydrogen) atoms. The van der Waals surface area contributed by atoms with Crippen LogP contribution in [0.2, 0.25) is 0 Å². The Morgan fingerprint density at radius 2 is 1.46 bits per heavy atom. The van der Waals surface area contributed by atoms with Crippen molar-refractivity contribution in [3.8, 4) is 0 Å². The largest absolute Gasteiger partial charge is 0.416 e. The number of carbonyl (C=O) groups is 2. The average Bonchev–Trinajstić information content (AvgIpc) is 2.63. The first-order valence-corrected chi connectivity index (χ1v) is 8.07. The summed E-state index contributed by atoms with van der Waals surface area (Å²) in [6, 6.07) is 9.29. The molecule has 2 rings (SSSR count). The molecule has 1 amide bonds. The molecule has 1 atom stereocenters. The summed E-state index contributed by atoms with van der Waals surface area (Å²) in [6.07, 6.45) is -9.59. The minimum atomic E-state index is -4.97. The summed E-state index contributed by atoms with van der Waals surface area (Å²) >= 11 is 0. The van der Waals surface area contributed by atoms with Crippen molar-refractivity contribution in [2.24, 2.45) is 0 Å². The van der Waals surface area contributed by atoms with Crippen molar-refractivity contribution in [3.63, 3.8) is 0 Å². The topological polar surface area (TPSA) is 46.2 Å². The van der Waals surface area contributed by atoms with Gasteiger partial charge in [0.2, 0.25) is 5.91 Å². The maximum Gasteiger partial charge on any atom is 0.416 e. The zero-order valence-corrected chi connectivity index (χ0v) is 14.3. The van der Waals surface area contributed by atoms with Crippen molar-refractivity contribution in [2.45, 2.75) is 31.2 Å². The number of amides is 1. The number of benzene rings is 2. The quantitative estimate of drug-likeness (QED) is 0.561. The zero-order chi connectivity index (χ0) is 20.9. The molecule has 2 aromatic rings. The lowest BCUT2D eigenvalue weighted by molar-refractivity contribution is -0.143.